The number of hydrogen-bond acceptors (Lipinski definition) is 2. The summed E-state index contributed by atoms with van der Waals surface area (Å²) in [6.45, 7) is 1.94. The lowest BCUT2D eigenvalue weighted by atomic mass is 10.3. The summed E-state index contributed by atoms with van der Waals surface area (Å²) >= 11 is 0. The van der Waals surface area contributed by atoms with Crippen molar-refractivity contribution in [2.75, 3.05) is 0 Å². The van der Waals surface area contributed by atoms with Crippen LogP contribution in [-0.4, -0.2) is 5.84 Å². The van der Waals surface area contributed by atoms with Gasteiger partial charge in [-0.3, -0.25) is 0 Å². The van der Waals surface area contributed by atoms with Gasteiger partial charge in [-0.25, -0.2) is 4.99 Å². The normalized spacial score (nSPS) is 24.7. The molecule has 0 bridgehead atoms. The molecule has 0 aliphatic carbocycles. The average molecular weight is 136 g/mol. The molecule has 0 aromatic heterocycles. The summed E-state index contributed by atoms with van der Waals surface area (Å²) in [6.07, 6.45) is 10.1. The Labute approximate surface area is 61.4 Å². The summed E-state index contributed by atoms with van der Waals surface area (Å²) in [7, 11) is 0. The molecule has 0 radical (unpaired) electrons. The monoisotopic (exact) mass is 136 g/mol. The van der Waals surface area contributed by atoms with Crippen molar-refractivity contribution in [1.29, 1.82) is 0 Å². The third-order valence-corrected chi connectivity index (χ3v) is 1.28. The van der Waals surface area contributed by atoms with Gasteiger partial charge in [0.15, 0.2) is 0 Å². The lowest BCUT2D eigenvalue weighted by Gasteiger charge is -1.93. The SMILES string of the molecule is CC1=N/C=C\CC/C=C\N1. The first-order valence-corrected chi connectivity index (χ1v) is 3.50. The fourth-order valence-corrected chi connectivity index (χ4v) is 0.732. The van der Waals surface area contributed by atoms with Gasteiger partial charge in [0.05, 0.1) is 0 Å². The van der Waals surface area contributed by atoms with Crippen molar-refractivity contribution in [2.45, 2.75) is 19.8 Å². The molecule has 0 saturated carbocycles. The van der Waals surface area contributed by atoms with Crippen LogP contribution in [0.3, 0.4) is 0 Å². The second-order valence-electron chi connectivity index (χ2n) is 2.22. The molecule has 1 heterocycles. The molecule has 1 aliphatic rings. The van der Waals surface area contributed by atoms with Crippen molar-refractivity contribution in [3.8, 4) is 0 Å². The summed E-state index contributed by atoms with van der Waals surface area (Å²) in [5, 5.41) is 3.04. The van der Waals surface area contributed by atoms with Gasteiger partial charge in [-0.2, -0.15) is 0 Å². The summed E-state index contributed by atoms with van der Waals surface area (Å²) in [5.74, 6) is 0.939. The van der Waals surface area contributed by atoms with Crippen LogP contribution in [0.1, 0.15) is 19.8 Å². The van der Waals surface area contributed by atoms with Gasteiger partial charge in [0, 0.05) is 6.20 Å². The third kappa shape index (κ3) is 2.49. The molecule has 1 rings (SSSR count). The van der Waals surface area contributed by atoms with Gasteiger partial charge >= 0.3 is 0 Å². The van der Waals surface area contributed by atoms with E-state index < -0.39 is 0 Å². The smallest absolute Gasteiger partial charge is 0.102 e. The number of aliphatic imine (C=N–C) groups is 1. The average Bonchev–Trinajstić information content (AvgIpc) is 2.02. The molecule has 54 valence electrons. The Kier molecular flexibility index (Phi) is 2.74. The molecule has 0 saturated heterocycles. The zero-order chi connectivity index (χ0) is 7.23. The maximum Gasteiger partial charge on any atom is 0.102 e. The van der Waals surface area contributed by atoms with Crippen molar-refractivity contribution in [3.63, 3.8) is 0 Å². The van der Waals surface area contributed by atoms with Crippen LogP contribution in [0.2, 0.25) is 0 Å². The summed E-state index contributed by atoms with van der Waals surface area (Å²) in [6, 6.07) is 0. The van der Waals surface area contributed by atoms with Gasteiger partial charge in [-0.1, -0.05) is 12.2 Å². The zero-order valence-electron chi connectivity index (χ0n) is 6.17. The van der Waals surface area contributed by atoms with E-state index in [1.165, 1.54) is 0 Å². The van der Waals surface area contributed by atoms with Gasteiger partial charge in [-0.05, 0) is 26.0 Å². The van der Waals surface area contributed by atoms with E-state index in [-0.39, 0.29) is 0 Å². The number of amidine groups is 1. The molecule has 0 aromatic carbocycles. The van der Waals surface area contributed by atoms with E-state index in [1.807, 2.05) is 19.3 Å². The van der Waals surface area contributed by atoms with Crippen molar-refractivity contribution in [2.24, 2.45) is 4.99 Å². The first-order valence-electron chi connectivity index (χ1n) is 3.50. The van der Waals surface area contributed by atoms with Crippen molar-refractivity contribution < 1.29 is 0 Å². The molecular formula is C8H12N2. The van der Waals surface area contributed by atoms with E-state index in [4.69, 9.17) is 0 Å². The highest BCUT2D eigenvalue weighted by Crippen LogP contribution is 1.94. The van der Waals surface area contributed by atoms with Crippen LogP contribution in [0.5, 0.6) is 0 Å². The molecular weight excluding hydrogens is 124 g/mol. The first-order chi connectivity index (χ1) is 4.89. The van der Waals surface area contributed by atoms with Gasteiger partial charge in [0.25, 0.3) is 0 Å². The predicted octanol–water partition coefficient (Wildman–Crippen LogP) is 1.82. The van der Waals surface area contributed by atoms with E-state index in [1.54, 1.807) is 0 Å². The molecule has 0 fully saturated rings. The molecule has 10 heavy (non-hydrogen) atoms. The first kappa shape index (κ1) is 7.06. The molecule has 1 aliphatic heterocycles. The molecule has 0 amide bonds. The minimum atomic E-state index is 0.939. The molecule has 1 N–H and O–H groups in total. The lowest BCUT2D eigenvalue weighted by molar-refractivity contribution is 1.04. The number of nitrogens with zero attached hydrogens (tertiary/aromatic N) is 1. The lowest BCUT2D eigenvalue weighted by Crippen LogP contribution is -2.11. The van der Waals surface area contributed by atoms with Crippen LogP contribution in [-0.2, 0) is 0 Å². The van der Waals surface area contributed by atoms with Crippen LogP contribution in [0, 0.1) is 0 Å². The quantitative estimate of drug-likeness (QED) is 0.539. The second-order valence-corrected chi connectivity index (χ2v) is 2.22. The predicted molar refractivity (Wildman–Crippen MR) is 43.8 cm³/mol. The number of allylic oxidation sites excluding steroid dienone is 2. The molecule has 2 nitrogen and oxygen atoms in total. The fourth-order valence-electron chi connectivity index (χ4n) is 0.732. The van der Waals surface area contributed by atoms with Crippen LogP contribution in [0.15, 0.2) is 29.5 Å². The minimum absolute atomic E-state index is 0.939. The Balaban J connectivity index is 2.57. The van der Waals surface area contributed by atoms with Crippen LogP contribution < -0.4 is 5.32 Å². The van der Waals surface area contributed by atoms with Crippen molar-refractivity contribution in [1.82, 2.24) is 5.32 Å². The third-order valence-electron chi connectivity index (χ3n) is 1.28. The van der Waals surface area contributed by atoms with Gasteiger partial charge < -0.3 is 5.32 Å². The van der Waals surface area contributed by atoms with E-state index in [0.29, 0.717) is 0 Å². The van der Waals surface area contributed by atoms with Gasteiger partial charge in [0.2, 0.25) is 0 Å². The molecule has 0 unspecified atom stereocenters. The topological polar surface area (TPSA) is 24.4 Å². The van der Waals surface area contributed by atoms with Crippen LogP contribution >= 0.6 is 0 Å². The van der Waals surface area contributed by atoms with E-state index >= 15 is 0 Å². The van der Waals surface area contributed by atoms with Crippen LogP contribution in [0.4, 0.5) is 0 Å². The number of rotatable bonds is 0. The van der Waals surface area contributed by atoms with Crippen molar-refractivity contribution >= 4 is 5.84 Å². The molecule has 0 atom stereocenters. The standard InChI is InChI=1S/C8H12N2/c1-8-9-6-4-2-3-5-7-10-8/h4-7H,2-3H2,1H3,(H,9,10)/b6-4-,7-5-. The van der Waals surface area contributed by atoms with E-state index in [9.17, 15) is 0 Å². The zero-order valence-corrected chi connectivity index (χ0v) is 6.17. The number of hydrogen-bond donors (Lipinski definition) is 1. The highest BCUT2D eigenvalue weighted by atomic mass is 15.0. The minimum Gasteiger partial charge on any atom is -0.351 e. The highest BCUT2D eigenvalue weighted by Gasteiger charge is 1.84. The second kappa shape index (κ2) is 3.88. The number of nitrogens with one attached hydrogen (secondary N) is 1. The maximum atomic E-state index is 4.12. The highest BCUT2D eigenvalue weighted by molar-refractivity contribution is 5.80. The van der Waals surface area contributed by atoms with Gasteiger partial charge in [0.1, 0.15) is 5.84 Å². The van der Waals surface area contributed by atoms with E-state index in [0.717, 1.165) is 18.7 Å². The molecule has 2 heteroatoms. The Bertz CT molecular complexity index is 178. The van der Waals surface area contributed by atoms with E-state index in [2.05, 4.69) is 22.5 Å². The Morgan fingerprint density at radius 3 is 3.10 bits per heavy atom. The largest absolute Gasteiger partial charge is 0.351 e. The molecule has 0 spiro atoms. The summed E-state index contributed by atoms with van der Waals surface area (Å²) < 4.78 is 0. The summed E-state index contributed by atoms with van der Waals surface area (Å²) in [5.41, 5.74) is 0. The maximum absolute atomic E-state index is 4.12. The van der Waals surface area contributed by atoms with Crippen LogP contribution in [0.25, 0.3) is 0 Å². The fraction of sp³-hybridized carbons (Fsp3) is 0.375. The Morgan fingerprint density at radius 2 is 2.20 bits per heavy atom. The Morgan fingerprint density at radius 1 is 1.40 bits per heavy atom. The van der Waals surface area contributed by atoms with Gasteiger partial charge in [-0.15, -0.1) is 0 Å². The van der Waals surface area contributed by atoms with Crippen molar-refractivity contribution in [3.05, 3.63) is 24.6 Å². The summed E-state index contributed by atoms with van der Waals surface area (Å²) in [4.78, 5) is 4.12. The Hall–Kier alpha value is -1.05. The molecule has 0 aromatic rings.